The number of nitrogens with one attached hydrogen (secondary N) is 1. The summed E-state index contributed by atoms with van der Waals surface area (Å²) in [5.74, 6) is 2.32. The van der Waals surface area contributed by atoms with E-state index >= 15 is 0 Å². The SMILES string of the molecule is COc1cc(C)c(CNc2ccc(Br)cn2)cc1OC. The van der Waals surface area contributed by atoms with Crippen molar-refractivity contribution in [2.45, 2.75) is 13.5 Å². The number of ether oxygens (including phenoxy) is 2. The summed E-state index contributed by atoms with van der Waals surface area (Å²) in [7, 11) is 3.28. The predicted octanol–water partition coefficient (Wildman–Crippen LogP) is 3.78. The fourth-order valence-corrected chi connectivity index (χ4v) is 2.11. The monoisotopic (exact) mass is 336 g/mol. The summed E-state index contributed by atoms with van der Waals surface area (Å²) in [6.07, 6.45) is 1.77. The van der Waals surface area contributed by atoms with E-state index < -0.39 is 0 Å². The van der Waals surface area contributed by atoms with Gasteiger partial charge in [-0.15, -0.1) is 0 Å². The van der Waals surface area contributed by atoms with E-state index in [4.69, 9.17) is 9.47 Å². The molecule has 1 heterocycles. The summed E-state index contributed by atoms with van der Waals surface area (Å²) >= 11 is 3.37. The van der Waals surface area contributed by atoms with Crippen molar-refractivity contribution in [2.24, 2.45) is 0 Å². The topological polar surface area (TPSA) is 43.4 Å². The van der Waals surface area contributed by atoms with Crippen LogP contribution in [0.15, 0.2) is 34.9 Å². The molecule has 1 aromatic heterocycles. The summed E-state index contributed by atoms with van der Waals surface area (Å²) in [5, 5.41) is 3.29. The van der Waals surface area contributed by atoms with Crippen molar-refractivity contribution in [1.29, 1.82) is 0 Å². The number of halogens is 1. The van der Waals surface area contributed by atoms with Gasteiger partial charge in [-0.1, -0.05) is 0 Å². The maximum atomic E-state index is 5.33. The molecule has 20 heavy (non-hydrogen) atoms. The first-order valence-electron chi connectivity index (χ1n) is 6.21. The Hall–Kier alpha value is -1.75. The first-order valence-corrected chi connectivity index (χ1v) is 7.00. The molecule has 2 rings (SSSR count). The minimum absolute atomic E-state index is 0.681. The van der Waals surface area contributed by atoms with Crippen molar-refractivity contribution in [1.82, 2.24) is 4.98 Å². The lowest BCUT2D eigenvalue weighted by atomic mass is 10.1. The van der Waals surface area contributed by atoms with Gasteiger partial charge < -0.3 is 14.8 Å². The van der Waals surface area contributed by atoms with E-state index in [1.54, 1.807) is 20.4 Å². The molecule has 0 unspecified atom stereocenters. The summed E-state index contributed by atoms with van der Waals surface area (Å²) in [5.41, 5.74) is 2.29. The highest BCUT2D eigenvalue weighted by Crippen LogP contribution is 2.30. The Bertz CT molecular complexity index is 585. The molecule has 0 saturated heterocycles. The maximum absolute atomic E-state index is 5.33. The maximum Gasteiger partial charge on any atom is 0.161 e. The zero-order chi connectivity index (χ0) is 14.5. The highest BCUT2D eigenvalue weighted by atomic mass is 79.9. The average Bonchev–Trinajstić information content (AvgIpc) is 2.47. The van der Waals surface area contributed by atoms with Crippen molar-refractivity contribution >= 4 is 21.7 Å². The zero-order valence-corrected chi connectivity index (χ0v) is 13.3. The van der Waals surface area contributed by atoms with Gasteiger partial charge in [0.1, 0.15) is 5.82 Å². The number of nitrogens with zero attached hydrogens (tertiary/aromatic N) is 1. The standard InChI is InChI=1S/C15H17BrN2O2/c1-10-6-13(19-2)14(20-3)7-11(10)8-17-15-5-4-12(16)9-18-15/h4-7,9H,8H2,1-3H3,(H,17,18). The van der Waals surface area contributed by atoms with Crippen LogP contribution in [0, 0.1) is 6.92 Å². The van der Waals surface area contributed by atoms with Gasteiger partial charge in [0.05, 0.1) is 14.2 Å². The molecule has 5 heteroatoms. The molecular weight excluding hydrogens is 320 g/mol. The molecule has 0 fully saturated rings. The summed E-state index contributed by atoms with van der Waals surface area (Å²) < 4.78 is 11.6. The average molecular weight is 337 g/mol. The van der Waals surface area contributed by atoms with Crippen molar-refractivity contribution in [3.63, 3.8) is 0 Å². The van der Waals surface area contributed by atoms with Gasteiger partial charge in [0.2, 0.25) is 0 Å². The number of anilines is 1. The Morgan fingerprint density at radius 2 is 1.85 bits per heavy atom. The van der Waals surface area contributed by atoms with Crippen LogP contribution in [0.3, 0.4) is 0 Å². The molecule has 0 amide bonds. The fraction of sp³-hybridized carbons (Fsp3) is 0.267. The third-order valence-electron chi connectivity index (χ3n) is 3.03. The van der Waals surface area contributed by atoms with Crippen molar-refractivity contribution < 1.29 is 9.47 Å². The minimum Gasteiger partial charge on any atom is -0.493 e. The van der Waals surface area contributed by atoms with Crippen LogP contribution in [0.25, 0.3) is 0 Å². The van der Waals surface area contributed by atoms with Crippen LogP contribution in [-0.4, -0.2) is 19.2 Å². The molecule has 0 aliphatic rings. The summed E-state index contributed by atoms with van der Waals surface area (Å²) in [6, 6.07) is 7.85. The lowest BCUT2D eigenvalue weighted by Gasteiger charge is -2.13. The van der Waals surface area contributed by atoms with Crippen LogP contribution < -0.4 is 14.8 Å². The highest BCUT2D eigenvalue weighted by molar-refractivity contribution is 9.10. The second-order valence-corrected chi connectivity index (χ2v) is 5.26. The molecule has 0 spiro atoms. The Morgan fingerprint density at radius 3 is 2.45 bits per heavy atom. The lowest BCUT2D eigenvalue weighted by Crippen LogP contribution is -2.04. The van der Waals surface area contributed by atoms with Gasteiger partial charge in [-0.3, -0.25) is 0 Å². The number of rotatable bonds is 5. The van der Waals surface area contributed by atoms with E-state index in [-0.39, 0.29) is 0 Å². The summed E-state index contributed by atoms with van der Waals surface area (Å²) in [6.45, 7) is 2.73. The van der Waals surface area contributed by atoms with Gasteiger partial charge >= 0.3 is 0 Å². The quantitative estimate of drug-likeness (QED) is 0.902. The molecule has 1 aromatic carbocycles. The van der Waals surface area contributed by atoms with Crippen LogP contribution in [-0.2, 0) is 6.54 Å². The molecule has 0 bridgehead atoms. The van der Waals surface area contributed by atoms with Crippen LogP contribution in [0.1, 0.15) is 11.1 Å². The van der Waals surface area contributed by atoms with Crippen molar-refractivity contribution in [3.05, 3.63) is 46.1 Å². The first-order chi connectivity index (χ1) is 9.63. The Balaban J connectivity index is 2.14. The lowest BCUT2D eigenvalue weighted by molar-refractivity contribution is 0.354. The number of hydrogen-bond acceptors (Lipinski definition) is 4. The highest BCUT2D eigenvalue weighted by Gasteiger charge is 2.08. The second-order valence-electron chi connectivity index (χ2n) is 4.35. The van der Waals surface area contributed by atoms with Crippen LogP contribution >= 0.6 is 15.9 Å². The first kappa shape index (κ1) is 14.7. The fourth-order valence-electron chi connectivity index (χ4n) is 1.88. The molecular formula is C15H17BrN2O2. The van der Waals surface area contributed by atoms with E-state index in [9.17, 15) is 0 Å². The molecule has 0 saturated carbocycles. The predicted molar refractivity (Wildman–Crippen MR) is 83.5 cm³/mol. The van der Waals surface area contributed by atoms with E-state index in [0.29, 0.717) is 6.54 Å². The molecule has 106 valence electrons. The molecule has 4 nitrogen and oxygen atoms in total. The largest absolute Gasteiger partial charge is 0.493 e. The van der Waals surface area contributed by atoms with Crippen LogP contribution in [0.2, 0.25) is 0 Å². The molecule has 2 aromatic rings. The van der Waals surface area contributed by atoms with E-state index in [2.05, 4.69) is 26.2 Å². The minimum atomic E-state index is 0.681. The number of aryl methyl sites for hydroxylation is 1. The van der Waals surface area contributed by atoms with Gasteiger partial charge in [-0.2, -0.15) is 0 Å². The van der Waals surface area contributed by atoms with Crippen molar-refractivity contribution in [2.75, 3.05) is 19.5 Å². The zero-order valence-electron chi connectivity index (χ0n) is 11.7. The van der Waals surface area contributed by atoms with E-state index in [1.807, 2.05) is 31.2 Å². The normalized spacial score (nSPS) is 10.2. The molecule has 0 aliphatic carbocycles. The molecule has 0 radical (unpaired) electrons. The summed E-state index contributed by atoms with van der Waals surface area (Å²) in [4.78, 5) is 4.29. The smallest absolute Gasteiger partial charge is 0.161 e. The van der Waals surface area contributed by atoms with Gasteiger partial charge in [0.15, 0.2) is 11.5 Å². The molecule has 0 atom stereocenters. The van der Waals surface area contributed by atoms with Gasteiger partial charge in [-0.05, 0) is 58.2 Å². The third kappa shape index (κ3) is 3.42. The van der Waals surface area contributed by atoms with Gasteiger partial charge in [0, 0.05) is 17.2 Å². The Kier molecular flexibility index (Phi) is 4.84. The number of benzene rings is 1. The number of pyridine rings is 1. The van der Waals surface area contributed by atoms with E-state index in [1.165, 1.54) is 0 Å². The Morgan fingerprint density at radius 1 is 1.15 bits per heavy atom. The number of methoxy groups -OCH3 is 2. The van der Waals surface area contributed by atoms with Gasteiger partial charge in [0.25, 0.3) is 0 Å². The Labute approximate surface area is 127 Å². The van der Waals surface area contributed by atoms with Crippen LogP contribution in [0.4, 0.5) is 5.82 Å². The van der Waals surface area contributed by atoms with Crippen molar-refractivity contribution in [3.8, 4) is 11.5 Å². The van der Waals surface area contributed by atoms with Gasteiger partial charge in [-0.25, -0.2) is 4.98 Å². The second kappa shape index (κ2) is 6.61. The molecule has 0 aliphatic heterocycles. The number of aromatic nitrogens is 1. The number of hydrogen-bond donors (Lipinski definition) is 1. The van der Waals surface area contributed by atoms with E-state index in [0.717, 1.165) is 32.9 Å². The third-order valence-corrected chi connectivity index (χ3v) is 3.50. The molecule has 1 N–H and O–H groups in total. The van der Waals surface area contributed by atoms with Crippen LogP contribution in [0.5, 0.6) is 11.5 Å².